The van der Waals surface area contributed by atoms with Gasteiger partial charge in [0, 0.05) is 23.7 Å². The third-order valence-corrected chi connectivity index (χ3v) is 7.76. The van der Waals surface area contributed by atoms with Gasteiger partial charge in [-0.1, -0.05) is 36.4 Å². The Hall–Kier alpha value is -3.52. The molecule has 1 amide bonds. The second kappa shape index (κ2) is 9.41. The molecule has 8 heteroatoms. The van der Waals surface area contributed by atoms with Crippen LogP contribution in [0.3, 0.4) is 0 Å². The van der Waals surface area contributed by atoms with Crippen molar-refractivity contribution in [2.75, 3.05) is 5.32 Å². The highest BCUT2D eigenvalue weighted by molar-refractivity contribution is 6.09. The van der Waals surface area contributed by atoms with Crippen molar-refractivity contribution in [1.29, 1.82) is 0 Å². The smallest absolute Gasteiger partial charge is 0.380 e. The molecule has 1 saturated carbocycles. The number of Topliss-reactive ketones (excluding diaryl/α,β-unsaturated/α-hetero) is 1. The number of pyridine rings is 1. The summed E-state index contributed by atoms with van der Waals surface area (Å²) in [6.45, 7) is 1.78. The lowest BCUT2D eigenvalue weighted by atomic mass is 9.62. The summed E-state index contributed by atoms with van der Waals surface area (Å²) in [6, 6.07) is 16.3. The molecular formula is C29H27F3N2O3. The Morgan fingerprint density at radius 2 is 1.89 bits per heavy atom. The number of carbonyl (C=O) groups excluding carboxylic acids is 2. The highest BCUT2D eigenvalue weighted by Crippen LogP contribution is 2.53. The van der Waals surface area contributed by atoms with Crippen LogP contribution in [0.4, 0.5) is 18.9 Å². The molecule has 0 radical (unpaired) electrons. The van der Waals surface area contributed by atoms with E-state index in [0.29, 0.717) is 40.1 Å². The Kier molecular flexibility index (Phi) is 6.40. The van der Waals surface area contributed by atoms with E-state index < -0.39 is 30.5 Å². The lowest BCUT2D eigenvalue weighted by Crippen LogP contribution is -2.51. The number of nitrogens with one attached hydrogen (secondary N) is 1. The van der Waals surface area contributed by atoms with E-state index in [4.69, 9.17) is 0 Å². The van der Waals surface area contributed by atoms with Crippen molar-refractivity contribution in [2.45, 2.75) is 56.7 Å². The molecular weight excluding hydrogens is 481 g/mol. The largest absolute Gasteiger partial charge is 0.417 e. The molecule has 2 aliphatic carbocycles. The molecule has 3 aromatic rings. The summed E-state index contributed by atoms with van der Waals surface area (Å²) in [7, 11) is 0. The molecule has 37 heavy (non-hydrogen) atoms. The monoisotopic (exact) mass is 508 g/mol. The van der Waals surface area contributed by atoms with Crippen LogP contribution in [0.25, 0.3) is 0 Å². The lowest BCUT2D eigenvalue weighted by Gasteiger charge is -2.45. The van der Waals surface area contributed by atoms with E-state index in [1.54, 1.807) is 37.4 Å². The number of halogens is 3. The molecule has 0 spiro atoms. The van der Waals surface area contributed by atoms with Crippen LogP contribution in [-0.2, 0) is 6.42 Å². The Labute approximate surface area is 212 Å². The van der Waals surface area contributed by atoms with E-state index in [9.17, 15) is 27.9 Å². The highest BCUT2D eigenvalue weighted by Gasteiger charge is 2.58. The number of aryl methyl sites for hydroxylation is 1. The van der Waals surface area contributed by atoms with E-state index in [-0.39, 0.29) is 30.4 Å². The molecule has 1 heterocycles. The molecule has 0 aliphatic heterocycles. The number of amides is 1. The van der Waals surface area contributed by atoms with Crippen LogP contribution < -0.4 is 5.32 Å². The molecule has 1 fully saturated rings. The lowest BCUT2D eigenvalue weighted by molar-refractivity contribution is -0.275. The number of hydrogen-bond donors (Lipinski definition) is 2. The second-order valence-electron chi connectivity index (χ2n) is 10.1. The average Bonchev–Trinajstić information content (AvgIpc) is 2.85. The molecule has 1 aromatic heterocycles. The maximum atomic E-state index is 13.5. The summed E-state index contributed by atoms with van der Waals surface area (Å²) in [6.07, 6.45) is -3.67. The van der Waals surface area contributed by atoms with Gasteiger partial charge in [-0.2, -0.15) is 13.2 Å². The fourth-order valence-electron chi connectivity index (χ4n) is 5.84. The number of nitrogens with zero attached hydrogens (tertiary/aromatic N) is 1. The number of benzene rings is 2. The first kappa shape index (κ1) is 25.1. The third kappa shape index (κ3) is 4.66. The molecule has 5 nitrogen and oxygen atoms in total. The van der Waals surface area contributed by atoms with Crippen molar-refractivity contribution in [3.8, 4) is 0 Å². The first-order chi connectivity index (χ1) is 17.6. The summed E-state index contributed by atoms with van der Waals surface area (Å²) >= 11 is 0. The van der Waals surface area contributed by atoms with Crippen LogP contribution in [0.5, 0.6) is 0 Å². The van der Waals surface area contributed by atoms with Gasteiger partial charge in [-0.25, -0.2) is 0 Å². The SMILES string of the molecule is Cc1ncccc1NC(=O)c1ccc2c(c1Cc1ccccc1)C(=O)CC1CC(O)(C(F)(F)F)CCC21. The first-order valence-electron chi connectivity index (χ1n) is 12.3. The van der Waals surface area contributed by atoms with Crippen LogP contribution in [-0.4, -0.2) is 33.6 Å². The second-order valence-corrected chi connectivity index (χ2v) is 10.1. The Morgan fingerprint density at radius 3 is 2.59 bits per heavy atom. The standard InChI is InChI=1S/C29H27F3N2O3/c1-17-24(8-5-13-33-17)34-27(36)22-10-9-21-20-11-12-28(37,29(30,31)32)16-19(20)15-25(35)26(21)23(22)14-18-6-3-2-4-7-18/h2-10,13,19-20,37H,11-12,14-16H2,1H3,(H,34,36). The van der Waals surface area contributed by atoms with Gasteiger partial charge in [0.15, 0.2) is 11.4 Å². The minimum Gasteiger partial charge on any atom is -0.380 e. The Balaban J connectivity index is 1.57. The van der Waals surface area contributed by atoms with Gasteiger partial charge in [0.2, 0.25) is 0 Å². The van der Waals surface area contributed by atoms with E-state index in [1.807, 2.05) is 30.3 Å². The normalized spacial score (nSPS) is 23.2. The topological polar surface area (TPSA) is 79.3 Å². The molecule has 0 bridgehead atoms. The molecule has 3 unspecified atom stereocenters. The Morgan fingerprint density at radius 1 is 1.14 bits per heavy atom. The van der Waals surface area contributed by atoms with E-state index in [2.05, 4.69) is 10.3 Å². The number of carbonyl (C=O) groups is 2. The van der Waals surface area contributed by atoms with Gasteiger partial charge in [-0.15, -0.1) is 0 Å². The minimum absolute atomic E-state index is 0.0926. The van der Waals surface area contributed by atoms with Gasteiger partial charge in [-0.3, -0.25) is 14.6 Å². The zero-order valence-electron chi connectivity index (χ0n) is 20.3. The van der Waals surface area contributed by atoms with E-state index >= 15 is 0 Å². The van der Waals surface area contributed by atoms with Crippen LogP contribution in [0.1, 0.15) is 74.7 Å². The van der Waals surface area contributed by atoms with Gasteiger partial charge in [0.25, 0.3) is 5.91 Å². The number of fused-ring (bicyclic) bond motifs is 3. The van der Waals surface area contributed by atoms with Crippen molar-refractivity contribution >= 4 is 17.4 Å². The van der Waals surface area contributed by atoms with Crippen molar-refractivity contribution in [3.63, 3.8) is 0 Å². The summed E-state index contributed by atoms with van der Waals surface area (Å²) in [4.78, 5) is 31.1. The van der Waals surface area contributed by atoms with Crippen LogP contribution in [0, 0.1) is 12.8 Å². The number of anilines is 1. The zero-order chi connectivity index (χ0) is 26.4. The van der Waals surface area contributed by atoms with Crippen molar-refractivity contribution in [1.82, 2.24) is 4.98 Å². The van der Waals surface area contributed by atoms with Crippen molar-refractivity contribution in [3.05, 3.63) is 94.3 Å². The maximum absolute atomic E-state index is 13.5. The summed E-state index contributed by atoms with van der Waals surface area (Å²) in [5.41, 5.74) is 1.36. The van der Waals surface area contributed by atoms with Gasteiger partial charge in [-0.05, 0) is 79.3 Å². The maximum Gasteiger partial charge on any atom is 0.417 e. The van der Waals surface area contributed by atoms with Crippen molar-refractivity contribution in [2.24, 2.45) is 5.92 Å². The van der Waals surface area contributed by atoms with E-state index in [1.165, 1.54) is 0 Å². The van der Waals surface area contributed by atoms with Gasteiger partial charge < -0.3 is 10.4 Å². The predicted molar refractivity (Wildman–Crippen MR) is 133 cm³/mol. The number of ketones is 1. The zero-order valence-corrected chi connectivity index (χ0v) is 20.3. The van der Waals surface area contributed by atoms with Crippen LogP contribution in [0.2, 0.25) is 0 Å². The third-order valence-electron chi connectivity index (χ3n) is 7.76. The quantitative estimate of drug-likeness (QED) is 0.453. The van der Waals surface area contributed by atoms with Gasteiger partial charge >= 0.3 is 6.18 Å². The van der Waals surface area contributed by atoms with Crippen LogP contribution >= 0.6 is 0 Å². The number of alkyl halides is 3. The molecule has 192 valence electrons. The fraction of sp³-hybridized carbons (Fsp3) is 0.345. The first-order valence-corrected chi connectivity index (χ1v) is 12.3. The van der Waals surface area contributed by atoms with Gasteiger partial charge in [0.1, 0.15) is 0 Å². The molecule has 2 aromatic carbocycles. The van der Waals surface area contributed by atoms with Gasteiger partial charge in [0.05, 0.1) is 11.4 Å². The molecule has 2 aliphatic rings. The minimum atomic E-state index is -4.74. The number of hydrogen-bond acceptors (Lipinski definition) is 4. The number of rotatable bonds is 4. The number of aromatic nitrogens is 1. The molecule has 2 N–H and O–H groups in total. The van der Waals surface area contributed by atoms with Crippen molar-refractivity contribution < 1.29 is 27.9 Å². The molecule has 3 atom stereocenters. The average molecular weight is 509 g/mol. The van der Waals surface area contributed by atoms with Crippen LogP contribution in [0.15, 0.2) is 60.8 Å². The Bertz CT molecular complexity index is 1360. The summed E-state index contributed by atoms with van der Waals surface area (Å²) in [5, 5.41) is 13.2. The van der Waals surface area contributed by atoms with E-state index in [0.717, 1.165) is 5.56 Å². The molecule has 5 rings (SSSR count). The molecule has 0 saturated heterocycles. The fourth-order valence-corrected chi connectivity index (χ4v) is 5.84. The highest BCUT2D eigenvalue weighted by atomic mass is 19.4. The predicted octanol–water partition coefficient (Wildman–Crippen LogP) is 6.00. The summed E-state index contributed by atoms with van der Waals surface area (Å²) < 4.78 is 40.6. The number of aliphatic hydroxyl groups is 1. The summed E-state index contributed by atoms with van der Waals surface area (Å²) in [5.74, 6) is -1.57.